The fourth-order valence-corrected chi connectivity index (χ4v) is 1.70. The highest BCUT2D eigenvalue weighted by Gasteiger charge is 2.11. The van der Waals surface area contributed by atoms with Gasteiger partial charge in [-0.2, -0.15) is 0 Å². The highest BCUT2D eigenvalue weighted by molar-refractivity contribution is 6.02. The molecule has 0 spiro atoms. The van der Waals surface area contributed by atoms with E-state index in [-0.39, 0.29) is 0 Å². The second-order valence-corrected chi connectivity index (χ2v) is 3.50. The molecule has 0 unspecified atom stereocenters. The molecular weight excluding hydrogens is 200 g/mol. The lowest BCUT2D eigenvalue weighted by molar-refractivity contribution is 0.100. The average molecular weight is 212 g/mol. The van der Waals surface area contributed by atoms with Gasteiger partial charge >= 0.3 is 0 Å². The third-order valence-electron chi connectivity index (χ3n) is 2.42. The van der Waals surface area contributed by atoms with Crippen molar-refractivity contribution in [3.05, 3.63) is 54.1 Å². The zero-order chi connectivity index (χ0) is 11.5. The van der Waals surface area contributed by atoms with E-state index < -0.39 is 5.91 Å². The lowest BCUT2D eigenvalue weighted by Gasteiger charge is -2.09. The number of hydrogen-bond donors (Lipinski definition) is 2. The van der Waals surface area contributed by atoms with Gasteiger partial charge in [-0.3, -0.25) is 4.79 Å². The Balaban J connectivity index is 2.68. The molecule has 0 fully saturated rings. The van der Waals surface area contributed by atoms with Gasteiger partial charge in [-0.1, -0.05) is 36.4 Å². The maximum atomic E-state index is 11.3. The van der Waals surface area contributed by atoms with Gasteiger partial charge in [0.05, 0.1) is 0 Å². The maximum absolute atomic E-state index is 11.3. The van der Waals surface area contributed by atoms with Gasteiger partial charge in [0.25, 0.3) is 0 Å². The van der Waals surface area contributed by atoms with Crippen LogP contribution in [0.3, 0.4) is 0 Å². The quantitative estimate of drug-likeness (QED) is 0.748. The molecule has 16 heavy (non-hydrogen) atoms. The zero-order valence-corrected chi connectivity index (χ0v) is 8.68. The van der Waals surface area contributed by atoms with Crippen molar-refractivity contribution in [3.8, 4) is 11.1 Å². The summed E-state index contributed by atoms with van der Waals surface area (Å²) in [6.07, 6.45) is 0. The van der Waals surface area contributed by atoms with E-state index >= 15 is 0 Å². The molecule has 0 aromatic heterocycles. The fraction of sp³-hybridized carbons (Fsp3) is 0. The van der Waals surface area contributed by atoms with Crippen LogP contribution >= 0.6 is 0 Å². The van der Waals surface area contributed by atoms with Gasteiger partial charge in [0.1, 0.15) is 0 Å². The first-order valence-corrected chi connectivity index (χ1v) is 4.94. The van der Waals surface area contributed by atoms with E-state index in [0.29, 0.717) is 16.8 Å². The molecule has 1 amide bonds. The molecule has 0 atom stereocenters. The zero-order valence-electron chi connectivity index (χ0n) is 8.68. The smallest absolute Gasteiger partial charge is 0.249 e. The Hall–Kier alpha value is -2.29. The van der Waals surface area contributed by atoms with E-state index in [9.17, 15) is 4.79 Å². The second kappa shape index (κ2) is 4.06. The van der Waals surface area contributed by atoms with Crippen LogP contribution in [0.1, 0.15) is 10.4 Å². The van der Waals surface area contributed by atoms with Crippen molar-refractivity contribution in [2.75, 3.05) is 5.73 Å². The third-order valence-corrected chi connectivity index (χ3v) is 2.42. The second-order valence-electron chi connectivity index (χ2n) is 3.50. The van der Waals surface area contributed by atoms with Crippen LogP contribution in [0.4, 0.5) is 5.69 Å². The number of nitrogens with two attached hydrogens (primary N) is 2. The van der Waals surface area contributed by atoms with Crippen LogP contribution in [0.25, 0.3) is 11.1 Å². The highest BCUT2D eigenvalue weighted by Crippen LogP contribution is 2.29. The first kappa shape index (κ1) is 10.2. The van der Waals surface area contributed by atoms with Crippen LogP contribution in [-0.2, 0) is 0 Å². The molecule has 0 aliphatic carbocycles. The van der Waals surface area contributed by atoms with Crippen LogP contribution in [0.15, 0.2) is 48.5 Å². The maximum Gasteiger partial charge on any atom is 0.249 e. The number of rotatable bonds is 2. The molecule has 2 rings (SSSR count). The van der Waals surface area contributed by atoms with Gasteiger partial charge in [-0.25, -0.2) is 0 Å². The molecule has 0 saturated carbocycles. The van der Waals surface area contributed by atoms with Crippen molar-refractivity contribution in [1.82, 2.24) is 0 Å². The van der Waals surface area contributed by atoms with Gasteiger partial charge in [-0.05, 0) is 17.7 Å². The number of benzene rings is 2. The first-order valence-electron chi connectivity index (χ1n) is 4.94. The molecule has 0 radical (unpaired) electrons. The summed E-state index contributed by atoms with van der Waals surface area (Å²) in [5, 5.41) is 0. The summed E-state index contributed by atoms with van der Waals surface area (Å²) in [6.45, 7) is 0. The van der Waals surface area contributed by atoms with E-state index in [1.54, 1.807) is 18.2 Å². The molecule has 80 valence electrons. The Morgan fingerprint density at radius 1 is 0.938 bits per heavy atom. The van der Waals surface area contributed by atoms with Crippen LogP contribution in [0.5, 0.6) is 0 Å². The third kappa shape index (κ3) is 1.75. The molecule has 3 nitrogen and oxygen atoms in total. The SMILES string of the molecule is NC(=O)c1cccc(N)c1-c1ccccc1. The normalized spacial score (nSPS) is 10.0. The molecule has 0 bridgehead atoms. The summed E-state index contributed by atoms with van der Waals surface area (Å²) in [5.41, 5.74) is 13.8. The standard InChI is InChI=1S/C13H12N2O/c14-11-8-4-7-10(13(15)16)12(11)9-5-2-1-3-6-9/h1-8H,14H2,(H2,15,16). The average Bonchev–Trinajstić information content (AvgIpc) is 2.29. The summed E-state index contributed by atoms with van der Waals surface area (Å²) in [6, 6.07) is 14.7. The number of carbonyl (C=O) groups excluding carboxylic acids is 1. The Morgan fingerprint density at radius 2 is 1.62 bits per heavy atom. The van der Waals surface area contributed by atoms with E-state index in [0.717, 1.165) is 5.56 Å². The molecule has 2 aromatic rings. The molecule has 0 saturated heterocycles. The molecule has 2 aromatic carbocycles. The lowest BCUT2D eigenvalue weighted by atomic mass is 9.97. The van der Waals surface area contributed by atoms with Gasteiger partial charge in [0, 0.05) is 16.8 Å². The summed E-state index contributed by atoms with van der Waals surface area (Å²) < 4.78 is 0. The summed E-state index contributed by atoms with van der Waals surface area (Å²) in [4.78, 5) is 11.3. The highest BCUT2D eigenvalue weighted by atomic mass is 16.1. The number of nitrogen functional groups attached to an aromatic ring is 1. The minimum Gasteiger partial charge on any atom is -0.398 e. The van der Waals surface area contributed by atoms with Crippen molar-refractivity contribution >= 4 is 11.6 Å². The number of carbonyl (C=O) groups is 1. The van der Waals surface area contributed by atoms with E-state index in [4.69, 9.17) is 11.5 Å². The Kier molecular flexibility index (Phi) is 2.60. The first-order chi connectivity index (χ1) is 7.70. The summed E-state index contributed by atoms with van der Waals surface area (Å²) in [7, 11) is 0. The van der Waals surface area contributed by atoms with Crippen molar-refractivity contribution < 1.29 is 4.79 Å². The molecule has 4 N–H and O–H groups in total. The number of hydrogen-bond acceptors (Lipinski definition) is 2. The number of anilines is 1. The van der Waals surface area contributed by atoms with Gasteiger partial charge in [0.15, 0.2) is 0 Å². The van der Waals surface area contributed by atoms with Crippen LogP contribution < -0.4 is 11.5 Å². The summed E-state index contributed by atoms with van der Waals surface area (Å²) in [5.74, 6) is -0.467. The predicted molar refractivity (Wildman–Crippen MR) is 64.8 cm³/mol. The van der Waals surface area contributed by atoms with E-state index in [1.807, 2.05) is 30.3 Å². The van der Waals surface area contributed by atoms with Crippen molar-refractivity contribution in [1.29, 1.82) is 0 Å². The van der Waals surface area contributed by atoms with E-state index in [2.05, 4.69) is 0 Å². The molecule has 0 aliphatic rings. The van der Waals surface area contributed by atoms with E-state index in [1.165, 1.54) is 0 Å². The fourth-order valence-electron chi connectivity index (χ4n) is 1.70. The topological polar surface area (TPSA) is 69.1 Å². The Labute approximate surface area is 93.7 Å². The van der Waals surface area contributed by atoms with Crippen LogP contribution in [-0.4, -0.2) is 5.91 Å². The van der Waals surface area contributed by atoms with Gasteiger partial charge in [-0.15, -0.1) is 0 Å². The lowest BCUT2D eigenvalue weighted by Crippen LogP contribution is -2.13. The molecule has 0 heterocycles. The Bertz CT molecular complexity index is 521. The van der Waals surface area contributed by atoms with Crippen molar-refractivity contribution in [2.24, 2.45) is 5.73 Å². The monoisotopic (exact) mass is 212 g/mol. The Morgan fingerprint density at radius 3 is 2.25 bits per heavy atom. The minimum absolute atomic E-state index is 0.450. The van der Waals surface area contributed by atoms with Crippen LogP contribution in [0, 0.1) is 0 Å². The van der Waals surface area contributed by atoms with Crippen molar-refractivity contribution in [2.45, 2.75) is 0 Å². The molecule has 0 aliphatic heterocycles. The number of amides is 1. The van der Waals surface area contributed by atoms with Crippen molar-refractivity contribution in [3.63, 3.8) is 0 Å². The van der Waals surface area contributed by atoms with Crippen LogP contribution in [0.2, 0.25) is 0 Å². The van der Waals surface area contributed by atoms with Gasteiger partial charge in [0.2, 0.25) is 5.91 Å². The number of primary amides is 1. The molecule has 3 heteroatoms. The summed E-state index contributed by atoms with van der Waals surface area (Å²) >= 11 is 0. The minimum atomic E-state index is -0.467. The predicted octanol–water partition coefficient (Wildman–Crippen LogP) is 2.03. The van der Waals surface area contributed by atoms with Gasteiger partial charge < -0.3 is 11.5 Å². The molecular formula is C13H12N2O. The largest absolute Gasteiger partial charge is 0.398 e.